The van der Waals surface area contributed by atoms with E-state index in [1.54, 1.807) is 0 Å². The van der Waals surface area contributed by atoms with E-state index >= 15 is 0 Å². The van der Waals surface area contributed by atoms with E-state index in [1.165, 1.54) is 0 Å². The minimum atomic E-state index is -0.948. The SMILES string of the molecule is [H-].[K+].[O-][S+]1NCc2ccccc21. The van der Waals surface area contributed by atoms with Crippen LogP contribution in [0.4, 0.5) is 0 Å². The van der Waals surface area contributed by atoms with E-state index in [2.05, 4.69) is 4.72 Å². The van der Waals surface area contributed by atoms with Crippen LogP contribution in [-0.4, -0.2) is 4.55 Å². The zero-order valence-corrected chi connectivity index (χ0v) is 10.3. The van der Waals surface area contributed by atoms with E-state index in [0.717, 1.165) is 17.0 Å². The fourth-order valence-electron chi connectivity index (χ4n) is 1.05. The van der Waals surface area contributed by atoms with Gasteiger partial charge in [0.25, 0.3) is 0 Å². The van der Waals surface area contributed by atoms with Crippen molar-refractivity contribution in [3.05, 3.63) is 29.8 Å². The third-order valence-corrected chi connectivity index (χ3v) is 2.77. The molecule has 0 fully saturated rings. The van der Waals surface area contributed by atoms with Crippen LogP contribution in [0.1, 0.15) is 6.99 Å². The molecular weight excluding hydrogens is 185 g/mol. The van der Waals surface area contributed by atoms with Crippen LogP contribution in [0.2, 0.25) is 0 Å². The van der Waals surface area contributed by atoms with Gasteiger partial charge in [0.15, 0.2) is 4.90 Å². The Labute approximate surface area is 113 Å². The summed E-state index contributed by atoms with van der Waals surface area (Å²) in [7, 11) is 0. The van der Waals surface area contributed by atoms with E-state index in [4.69, 9.17) is 0 Å². The van der Waals surface area contributed by atoms with Crippen molar-refractivity contribution in [3.63, 3.8) is 0 Å². The number of benzene rings is 1. The number of hydrogen-bond donors (Lipinski definition) is 1. The smallest absolute Gasteiger partial charge is 1.00 e. The molecule has 1 aliphatic rings. The standard InChI is InChI=1S/C7H7NOS.K.H/c9-10-7-4-2-1-3-6(7)5-8-10;;/h1-4,8H,5H2;;/q;+1;-1. The summed E-state index contributed by atoms with van der Waals surface area (Å²) in [6.45, 7) is 0.739. The molecule has 1 heterocycles. The summed E-state index contributed by atoms with van der Waals surface area (Å²) in [5.74, 6) is 0. The maximum Gasteiger partial charge on any atom is 1.00 e. The van der Waals surface area contributed by atoms with Crippen LogP contribution in [-0.2, 0) is 17.9 Å². The first-order chi connectivity index (χ1) is 4.88. The molecule has 11 heavy (non-hydrogen) atoms. The summed E-state index contributed by atoms with van der Waals surface area (Å²) in [6.07, 6.45) is 0. The predicted octanol–water partition coefficient (Wildman–Crippen LogP) is -2.07. The minimum Gasteiger partial charge on any atom is -1.00 e. The molecule has 0 spiro atoms. The zero-order chi connectivity index (χ0) is 6.97. The van der Waals surface area contributed by atoms with Crippen LogP contribution in [0.15, 0.2) is 29.2 Å². The van der Waals surface area contributed by atoms with Gasteiger partial charge < -0.3 is 5.98 Å². The van der Waals surface area contributed by atoms with Gasteiger partial charge >= 0.3 is 51.4 Å². The molecule has 1 aromatic carbocycles. The molecule has 0 amide bonds. The van der Waals surface area contributed by atoms with Gasteiger partial charge in [-0.15, -0.1) is 4.72 Å². The van der Waals surface area contributed by atoms with Gasteiger partial charge in [0.05, 0.1) is 17.9 Å². The summed E-state index contributed by atoms with van der Waals surface area (Å²) < 4.78 is 13.9. The van der Waals surface area contributed by atoms with E-state index < -0.39 is 11.4 Å². The largest absolute Gasteiger partial charge is 1.00 e. The van der Waals surface area contributed by atoms with E-state index in [1.807, 2.05) is 24.3 Å². The van der Waals surface area contributed by atoms with Crippen molar-refractivity contribution in [2.24, 2.45) is 0 Å². The number of nitrogens with one attached hydrogen (secondary N) is 1. The summed E-state index contributed by atoms with van der Waals surface area (Å²) in [4.78, 5) is 0.933. The Morgan fingerprint density at radius 2 is 2.18 bits per heavy atom. The molecule has 1 aromatic rings. The Morgan fingerprint density at radius 3 is 2.91 bits per heavy atom. The summed E-state index contributed by atoms with van der Waals surface area (Å²) >= 11 is -0.948. The fourth-order valence-corrected chi connectivity index (χ4v) is 2.07. The molecule has 0 saturated heterocycles. The molecule has 0 saturated carbocycles. The summed E-state index contributed by atoms with van der Waals surface area (Å²) in [5, 5.41) is 0. The third-order valence-electron chi connectivity index (χ3n) is 1.57. The van der Waals surface area contributed by atoms with Gasteiger partial charge in [0.2, 0.25) is 0 Å². The van der Waals surface area contributed by atoms with Crippen molar-refractivity contribution in [2.45, 2.75) is 11.4 Å². The Hall–Kier alpha value is 1.13. The maximum absolute atomic E-state index is 11.1. The number of fused-ring (bicyclic) bond motifs is 1. The maximum atomic E-state index is 11.1. The molecule has 1 N–H and O–H groups in total. The monoisotopic (exact) mass is 193 g/mol. The molecule has 54 valence electrons. The average molecular weight is 193 g/mol. The van der Waals surface area contributed by atoms with E-state index in [-0.39, 0.29) is 52.8 Å². The Bertz CT molecular complexity index is 261. The van der Waals surface area contributed by atoms with Crippen LogP contribution in [0.25, 0.3) is 0 Å². The molecule has 0 aliphatic carbocycles. The second kappa shape index (κ2) is 4.39. The third kappa shape index (κ3) is 2.08. The first-order valence-electron chi connectivity index (χ1n) is 3.11. The summed E-state index contributed by atoms with van der Waals surface area (Å²) in [5.41, 5.74) is 1.15. The van der Waals surface area contributed by atoms with Crippen LogP contribution < -0.4 is 56.1 Å². The Kier molecular flexibility index (Phi) is 4.07. The second-order valence-corrected chi connectivity index (χ2v) is 3.46. The quantitative estimate of drug-likeness (QED) is 0.379. The van der Waals surface area contributed by atoms with E-state index in [9.17, 15) is 4.55 Å². The van der Waals surface area contributed by atoms with Gasteiger partial charge in [-0.05, 0) is 6.07 Å². The second-order valence-electron chi connectivity index (χ2n) is 2.20. The first-order valence-corrected chi connectivity index (χ1v) is 4.26. The van der Waals surface area contributed by atoms with E-state index in [0.29, 0.717) is 0 Å². The molecule has 0 aromatic heterocycles. The van der Waals surface area contributed by atoms with Gasteiger partial charge in [0.1, 0.15) is 0 Å². The normalized spacial score (nSPS) is 20.6. The van der Waals surface area contributed by atoms with Crippen molar-refractivity contribution >= 4 is 11.4 Å². The van der Waals surface area contributed by atoms with Gasteiger partial charge in [0, 0.05) is 5.56 Å². The molecule has 2 nitrogen and oxygen atoms in total. The molecule has 1 aliphatic heterocycles. The topological polar surface area (TPSA) is 35.1 Å². The zero-order valence-electron chi connectivity index (χ0n) is 7.33. The fraction of sp³-hybridized carbons (Fsp3) is 0.143. The van der Waals surface area contributed by atoms with Crippen LogP contribution in [0.5, 0.6) is 0 Å². The van der Waals surface area contributed by atoms with Crippen molar-refractivity contribution in [2.75, 3.05) is 0 Å². The van der Waals surface area contributed by atoms with Crippen molar-refractivity contribution in [1.29, 1.82) is 0 Å². The molecule has 4 heteroatoms. The van der Waals surface area contributed by atoms with Crippen molar-refractivity contribution < 1.29 is 57.4 Å². The average Bonchev–Trinajstić information content (AvgIpc) is 2.34. The molecule has 1 unspecified atom stereocenters. The summed E-state index contributed by atoms with van der Waals surface area (Å²) in [6, 6.07) is 7.76. The molecular formula is C7H8KNOS. The van der Waals surface area contributed by atoms with Gasteiger partial charge in [-0.2, -0.15) is 0 Å². The van der Waals surface area contributed by atoms with Crippen molar-refractivity contribution in [1.82, 2.24) is 4.72 Å². The predicted molar refractivity (Wildman–Crippen MR) is 40.8 cm³/mol. The van der Waals surface area contributed by atoms with Gasteiger partial charge in [-0.1, -0.05) is 18.2 Å². The van der Waals surface area contributed by atoms with Crippen LogP contribution in [0, 0.1) is 0 Å². The first kappa shape index (κ1) is 10.2. The number of hydrogen-bond acceptors (Lipinski definition) is 2. The number of rotatable bonds is 0. The molecule has 1 atom stereocenters. The molecule has 0 radical (unpaired) electrons. The van der Waals surface area contributed by atoms with Gasteiger partial charge in [-0.3, -0.25) is 0 Å². The minimum absolute atomic E-state index is 0. The van der Waals surface area contributed by atoms with Crippen LogP contribution in [0.3, 0.4) is 0 Å². The molecule has 2 rings (SSSR count). The van der Waals surface area contributed by atoms with Crippen LogP contribution >= 0.6 is 0 Å². The Morgan fingerprint density at radius 1 is 1.45 bits per heavy atom. The van der Waals surface area contributed by atoms with Crippen molar-refractivity contribution in [3.8, 4) is 0 Å². The van der Waals surface area contributed by atoms with Gasteiger partial charge in [-0.25, -0.2) is 0 Å². The Balaban J connectivity index is 0.000000605. The molecule has 0 bridgehead atoms.